The molecule has 0 radical (unpaired) electrons. The Morgan fingerprint density at radius 3 is 2.73 bits per heavy atom. The van der Waals surface area contributed by atoms with E-state index in [-0.39, 0.29) is 12.5 Å². The fraction of sp³-hybridized carbons (Fsp3) is 0.400. The van der Waals surface area contributed by atoms with Crippen LogP contribution in [0.5, 0.6) is 0 Å². The predicted octanol–water partition coefficient (Wildman–Crippen LogP) is -0.640. The van der Waals surface area contributed by atoms with Gasteiger partial charge in [0.25, 0.3) is 0 Å². The van der Waals surface area contributed by atoms with E-state index in [1.807, 2.05) is 12.1 Å². The number of carbonyl (C=O) groups is 1. The van der Waals surface area contributed by atoms with E-state index in [0.29, 0.717) is 6.54 Å². The Hall–Kier alpha value is -1.46. The molecule has 82 valence electrons. The monoisotopic (exact) mass is 209 g/mol. The minimum Gasteiger partial charge on any atom is -0.394 e. The van der Waals surface area contributed by atoms with Gasteiger partial charge in [0.2, 0.25) is 5.91 Å². The molecule has 1 heterocycles. The van der Waals surface area contributed by atoms with Crippen molar-refractivity contribution in [2.24, 2.45) is 5.73 Å². The van der Waals surface area contributed by atoms with Gasteiger partial charge in [-0.25, -0.2) is 0 Å². The third kappa shape index (κ3) is 3.30. The van der Waals surface area contributed by atoms with Crippen molar-refractivity contribution in [3.05, 3.63) is 30.1 Å². The minimum absolute atomic E-state index is 0.269. The molecule has 0 aliphatic rings. The van der Waals surface area contributed by atoms with Crippen LogP contribution in [0.25, 0.3) is 0 Å². The van der Waals surface area contributed by atoms with E-state index < -0.39 is 6.04 Å². The zero-order chi connectivity index (χ0) is 11.3. The number of nitrogens with zero attached hydrogens (tertiary/aromatic N) is 2. The first kappa shape index (κ1) is 11.6. The van der Waals surface area contributed by atoms with Gasteiger partial charge in [-0.3, -0.25) is 9.78 Å². The summed E-state index contributed by atoms with van der Waals surface area (Å²) in [5.74, 6) is -0.269. The molecule has 5 nitrogen and oxygen atoms in total. The van der Waals surface area contributed by atoms with Crippen LogP contribution in [-0.4, -0.2) is 40.6 Å². The molecule has 0 aliphatic carbocycles. The lowest BCUT2D eigenvalue weighted by atomic mass is 10.2. The van der Waals surface area contributed by atoms with Crippen molar-refractivity contribution in [2.75, 3.05) is 13.7 Å². The highest BCUT2D eigenvalue weighted by Gasteiger charge is 2.16. The van der Waals surface area contributed by atoms with Crippen LogP contribution in [-0.2, 0) is 11.3 Å². The summed E-state index contributed by atoms with van der Waals surface area (Å²) in [6.07, 6.45) is 3.33. The molecule has 0 aromatic carbocycles. The van der Waals surface area contributed by atoms with Crippen LogP contribution >= 0.6 is 0 Å². The summed E-state index contributed by atoms with van der Waals surface area (Å²) in [4.78, 5) is 16.9. The van der Waals surface area contributed by atoms with Crippen molar-refractivity contribution in [3.8, 4) is 0 Å². The average Bonchev–Trinajstić information content (AvgIpc) is 2.28. The molecule has 0 aliphatic heterocycles. The average molecular weight is 209 g/mol. The van der Waals surface area contributed by atoms with E-state index in [2.05, 4.69) is 4.98 Å². The van der Waals surface area contributed by atoms with E-state index >= 15 is 0 Å². The van der Waals surface area contributed by atoms with Crippen molar-refractivity contribution >= 4 is 5.91 Å². The number of aromatic nitrogens is 1. The fourth-order valence-electron chi connectivity index (χ4n) is 1.20. The Labute approximate surface area is 88.5 Å². The molecule has 3 N–H and O–H groups in total. The molecule has 1 aromatic heterocycles. The number of carbonyl (C=O) groups excluding carboxylic acids is 1. The molecule has 0 saturated heterocycles. The zero-order valence-electron chi connectivity index (χ0n) is 8.63. The summed E-state index contributed by atoms with van der Waals surface area (Å²) < 4.78 is 0. The van der Waals surface area contributed by atoms with E-state index in [0.717, 1.165) is 5.56 Å². The maximum atomic E-state index is 11.5. The fourth-order valence-corrected chi connectivity index (χ4v) is 1.20. The Morgan fingerprint density at radius 2 is 2.20 bits per heavy atom. The van der Waals surface area contributed by atoms with E-state index in [1.165, 1.54) is 4.90 Å². The summed E-state index contributed by atoms with van der Waals surface area (Å²) in [5.41, 5.74) is 6.40. The van der Waals surface area contributed by atoms with Crippen LogP contribution in [0.1, 0.15) is 5.56 Å². The highest BCUT2D eigenvalue weighted by molar-refractivity contribution is 5.81. The van der Waals surface area contributed by atoms with Gasteiger partial charge in [-0.05, 0) is 17.7 Å². The molecule has 5 heteroatoms. The first-order chi connectivity index (χ1) is 7.15. The largest absolute Gasteiger partial charge is 0.394 e. The third-order valence-corrected chi connectivity index (χ3v) is 2.06. The Kier molecular flexibility index (Phi) is 4.20. The molecule has 15 heavy (non-hydrogen) atoms. The highest BCUT2D eigenvalue weighted by Crippen LogP contribution is 2.02. The van der Waals surface area contributed by atoms with Crippen molar-refractivity contribution in [3.63, 3.8) is 0 Å². The molecule has 0 saturated carbocycles. The molecule has 1 atom stereocenters. The molecule has 0 fully saturated rings. The van der Waals surface area contributed by atoms with Gasteiger partial charge < -0.3 is 15.7 Å². The second-order valence-electron chi connectivity index (χ2n) is 3.34. The number of nitrogens with two attached hydrogens (primary N) is 1. The molecule has 1 unspecified atom stereocenters. The third-order valence-electron chi connectivity index (χ3n) is 2.06. The normalized spacial score (nSPS) is 12.2. The van der Waals surface area contributed by atoms with Gasteiger partial charge in [0, 0.05) is 26.0 Å². The number of rotatable bonds is 4. The minimum atomic E-state index is -0.836. The van der Waals surface area contributed by atoms with Crippen molar-refractivity contribution in [1.29, 1.82) is 0 Å². The smallest absolute Gasteiger partial charge is 0.241 e. The Bertz CT molecular complexity index is 316. The molecular formula is C10H15N3O2. The van der Waals surface area contributed by atoms with Gasteiger partial charge in [0.05, 0.1) is 6.61 Å². The van der Waals surface area contributed by atoms with Gasteiger partial charge in [-0.15, -0.1) is 0 Å². The number of pyridine rings is 1. The molecule has 1 aromatic rings. The SMILES string of the molecule is CN(Cc1ccncc1)C(=O)C(N)CO. The first-order valence-corrected chi connectivity index (χ1v) is 4.65. The van der Waals surface area contributed by atoms with Crippen LogP contribution in [0.3, 0.4) is 0 Å². The van der Waals surface area contributed by atoms with Crippen molar-refractivity contribution in [2.45, 2.75) is 12.6 Å². The van der Waals surface area contributed by atoms with E-state index in [1.54, 1.807) is 19.4 Å². The Morgan fingerprint density at radius 1 is 1.60 bits per heavy atom. The lowest BCUT2D eigenvalue weighted by molar-refractivity contribution is -0.132. The molecule has 0 spiro atoms. The van der Waals surface area contributed by atoms with Gasteiger partial charge in [-0.1, -0.05) is 0 Å². The van der Waals surface area contributed by atoms with Crippen LogP contribution < -0.4 is 5.73 Å². The van der Waals surface area contributed by atoms with Crippen LogP contribution in [0.4, 0.5) is 0 Å². The number of amides is 1. The lowest BCUT2D eigenvalue weighted by Gasteiger charge is -2.20. The summed E-state index contributed by atoms with van der Waals surface area (Å²) in [6.45, 7) is 0.134. The number of likely N-dealkylation sites (N-methyl/N-ethyl adjacent to an activating group) is 1. The Balaban J connectivity index is 2.56. The standard InChI is InChI=1S/C10H15N3O2/c1-13(10(15)9(11)7-14)6-8-2-4-12-5-3-8/h2-5,9,14H,6-7,11H2,1H3. The summed E-state index contributed by atoms with van der Waals surface area (Å²) >= 11 is 0. The lowest BCUT2D eigenvalue weighted by Crippen LogP contribution is -2.43. The van der Waals surface area contributed by atoms with Crippen LogP contribution in [0, 0.1) is 0 Å². The molecule has 0 bridgehead atoms. The van der Waals surface area contributed by atoms with Crippen LogP contribution in [0.2, 0.25) is 0 Å². The quantitative estimate of drug-likeness (QED) is 0.691. The molecule has 1 rings (SSSR count). The maximum Gasteiger partial charge on any atom is 0.241 e. The molecular weight excluding hydrogens is 194 g/mol. The van der Waals surface area contributed by atoms with E-state index in [4.69, 9.17) is 10.8 Å². The van der Waals surface area contributed by atoms with Gasteiger partial charge in [0.1, 0.15) is 6.04 Å². The topological polar surface area (TPSA) is 79.5 Å². The summed E-state index contributed by atoms with van der Waals surface area (Å²) in [6, 6.07) is 2.82. The predicted molar refractivity (Wildman–Crippen MR) is 55.8 cm³/mol. The number of aliphatic hydroxyl groups is 1. The first-order valence-electron chi connectivity index (χ1n) is 4.65. The van der Waals surface area contributed by atoms with Gasteiger partial charge in [0.15, 0.2) is 0 Å². The number of hydrogen-bond donors (Lipinski definition) is 2. The van der Waals surface area contributed by atoms with Crippen molar-refractivity contribution < 1.29 is 9.90 Å². The maximum absolute atomic E-state index is 11.5. The van der Waals surface area contributed by atoms with Crippen molar-refractivity contribution in [1.82, 2.24) is 9.88 Å². The van der Waals surface area contributed by atoms with E-state index in [9.17, 15) is 4.79 Å². The number of aliphatic hydroxyl groups excluding tert-OH is 1. The second-order valence-corrected chi connectivity index (χ2v) is 3.34. The number of hydrogen-bond acceptors (Lipinski definition) is 4. The van der Waals surface area contributed by atoms with Gasteiger partial charge >= 0.3 is 0 Å². The highest BCUT2D eigenvalue weighted by atomic mass is 16.3. The summed E-state index contributed by atoms with van der Waals surface area (Å²) in [7, 11) is 1.65. The second kappa shape index (κ2) is 5.43. The van der Waals surface area contributed by atoms with Gasteiger partial charge in [-0.2, -0.15) is 0 Å². The molecule has 1 amide bonds. The zero-order valence-corrected chi connectivity index (χ0v) is 8.63. The summed E-state index contributed by atoms with van der Waals surface area (Å²) in [5, 5.41) is 8.74. The van der Waals surface area contributed by atoms with Crippen LogP contribution in [0.15, 0.2) is 24.5 Å².